The number of rotatable bonds is 8. The van der Waals surface area contributed by atoms with Crippen LogP contribution in [-0.2, 0) is 10.3 Å². The number of non-ortho nitro benzene ring substituents is 4. The fourth-order valence-electron chi connectivity index (χ4n) is 5.94. The average molecular weight is 721 g/mol. The van der Waals surface area contributed by atoms with Crippen LogP contribution in [0.3, 0.4) is 0 Å². The monoisotopic (exact) mass is 720 g/mol. The first-order chi connectivity index (χ1) is 25.2. The second-order valence-corrected chi connectivity index (χ2v) is 11.3. The molecule has 0 aromatic heterocycles. The minimum atomic E-state index is -1.65. The third-order valence-electron chi connectivity index (χ3n) is 8.20. The summed E-state index contributed by atoms with van der Waals surface area (Å²) in [5.74, 6) is -3.50. The number of benzene rings is 5. The van der Waals surface area contributed by atoms with Crippen molar-refractivity contribution in [3.8, 4) is 23.0 Å². The molecule has 5 aromatic carbocycles. The summed E-state index contributed by atoms with van der Waals surface area (Å²) in [5.41, 5.74) is -4.37. The van der Waals surface area contributed by atoms with Gasteiger partial charge in [0.1, 0.15) is 23.0 Å². The van der Waals surface area contributed by atoms with Gasteiger partial charge in [-0.1, -0.05) is 18.2 Å². The Balaban J connectivity index is 1.28. The van der Waals surface area contributed by atoms with E-state index in [2.05, 4.69) is 0 Å². The van der Waals surface area contributed by atoms with E-state index in [1.165, 1.54) is 36.4 Å². The van der Waals surface area contributed by atoms with Crippen molar-refractivity contribution >= 4 is 40.7 Å². The molecule has 0 saturated carbocycles. The molecule has 2 aliphatic rings. The smallest absolute Gasteiger partial charge is 0.344 e. The van der Waals surface area contributed by atoms with Gasteiger partial charge in [0.2, 0.25) is 0 Å². The molecule has 2 aliphatic heterocycles. The topological polar surface area (TPSA) is 261 Å². The summed E-state index contributed by atoms with van der Waals surface area (Å²) >= 11 is 0. The number of ether oxygens (including phenoxy) is 4. The highest BCUT2D eigenvalue weighted by molar-refractivity contribution is 5.97. The Hall–Kier alpha value is -8.09. The van der Waals surface area contributed by atoms with Crippen LogP contribution in [-0.4, -0.2) is 37.6 Å². The molecule has 0 amide bonds. The number of hydrogen-bond donors (Lipinski definition) is 0. The lowest BCUT2D eigenvalue weighted by Gasteiger charge is -2.36. The molecule has 0 radical (unpaired) electrons. The highest BCUT2D eigenvalue weighted by Crippen LogP contribution is 2.57. The van der Waals surface area contributed by atoms with E-state index in [1.54, 1.807) is 24.3 Å². The van der Waals surface area contributed by atoms with E-state index in [0.717, 1.165) is 24.3 Å². The van der Waals surface area contributed by atoms with Crippen LogP contribution in [0.25, 0.3) is 0 Å². The standard InChI is InChI=1S/C34H16N4O15/c39-31(17-9-19(35(42)43)13-20(10-17)36(44)45)50-23-5-7-27-29(15-23)52-30-16-24(51-32(40)18-11-21(37(46)47)14-22(12-18)38(48)49)6-8-28(30)34(27)26-4-2-1-3-25(26)33(41)53-34/h1-16H. The van der Waals surface area contributed by atoms with Crippen molar-refractivity contribution in [3.63, 3.8) is 0 Å². The van der Waals surface area contributed by atoms with E-state index in [9.17, 15) is 54.8 Å². The van der Waals surface area contributed by atoms with Gasteiger partial charge in [-0.2, -0.15) is 0 Å². The van der Waals surface area contributed by atoms with Crippen molar-refractivity contribution in [1.29, 1.82) is 0 Å². The zero-order valence-corrected chi connectivity index (χ0v) is 26.2. The molecular weight excluding hydrogens is 704 g/mol. The molecule has 53 heavy (non-hydrogen) atoms. The Bertz CT molecular complexity index is 2310. The van der Waals surface area contributed by atoms with Crippen LogP contribution in [0.4, 0.5) is 22.7 Å². The lowest BCUT2D eigenvalue weighted by molar-refractivity contribution is -0.394. The van der Waals surface area contributed by atoms with Gasteiger partial charge >= 0.3 is 17.9 Å². The summed E-state index contributed by atoms with van der Waals surface area (Å²) in [6, 6.07) is 19.1. The molecule has 19 heteroatoms. The molecule has 5 aromatic rings. The fourth-order valence-corrected chi connectivity index (χ4v) is 5.94. The Labute approximate surface area is 293 Å². The Morgan fingerprint density at radius 1 is 0.547 bits per heavy atom. The van der Waals surface area contributed by atoms with Crippen molar-refractivity contribution in [3.05, 3.63) is 171 Å². The predicted octanol–water partition coefficient (Wildman–Crippen LogP) is 6.33. The van der Waals surface area contributed by atoms with Crippen LogP contribution in [0.15, 0.2) is 97.1 Å². The second kappa shape index (κ2) is 12.4. The van der Waals surface area contributed by atoms with Crippen LogP contribution in [0.5, 0.6) is 23.0 Å². The van der Waals surface area contributed by atoms with Gasteiger partial charge in [-0.3, -0.25) is 40.5 Å². The summed E-state index contributed by atoms with van der Waals surface area (Å²) < 4.78 is 23.0. The second-order valence-electron chi connectivity index (χ2n) is 11.3. The average Bonchev–Trinajstić information content (AvgIpc) is 3.42. The first kappa shape index (κ1) is 33.4. The van der Waals surface area contributed by atoms with Gasteiger partial charge in [0, 0.05) is 53.1 Å². The Morgan fingerprint density at radius 3 is 1.38 bits per heavy atom. The van der Waals surface area contributed by atoms with E-state index in [0.29, 0.717) is 17.7 Å². The maximum Gasteiger partial charge on any atom is 0.344 e. The molecule has 0 aliphatic carbocycles. The van der Waals surface area contributed by atoms with E-state index in [-0.39, 0.29) is 39.7 Å². The minimum absolute atomic E-state index is 0.0323. The van der Waals surface area contributed by atoms with Gasteiger partial charge in [-0.05, 0) is 30.3 Å². The zero-order valence-electron chi connectivity index (χ0n) is 26.2. The molecule has 1 spiro atoms. The number of hydrogen-bond acceptors (Lipinski definition) is 15. The van der Waals surface area contributed by atoms with Crippen LogP contribution in [0.2, 0.25) is 0 Å². The third kappa shape index (κ3) is 5.74. The molecule has 0 bridgehead atoms. The van der Waals surface area contributed by atoms with Gasteiger partial charge in [-0.25, -0.2) is 14.4 Å². The van der Waals surface area contributed by atoms with Gasteiger partial charge < -0.3 is 18.9 Å². The van der Waals surface area contributed by atoms with Crippen LogP contribution in [0.1, 0.15) is 47.8 Å². The molecule has 0 saturated heterocycles. The number of nitro groups is 4. The number of carbonyl (C=O) groups is 3. The maximum absolute atomic E-state index is 13.2. The summed E-state index contributed by atoms with van der Waals surface area (Å²) in [6.45, 7) is 0. The summed E-state index contributed by atoms with van der Waals surface area (Å²) in [4.78, 5) is 81.0. The van der Waals surface area contributed by atoms with Crippen LogP contribution < -0.4 is 14.2 Å². The first-order valence-corrected chi connectivity index (χ1v) is 14.9. The summed E-state index contributed by atoms with van der Waals surface area (Å²) in [7, 11) is 0. The highest BCUT2D eigenvalue weighted by atomic mass is 16.6. The third-order valence-corrected chi connectivity index (χ3v) is 8.20. The van der Waals surface area contributed by atoms with Crippen LogP contribution in [0, 0.1) is 40.5 Å². The van der Waals surface area contributed by atoms with Crippen LogP contribution >= 0.6 is 0 Å². The molecule has 0 fully saturated rings. The highest BCUT2D eigenvalue weighted by Gasteiger charge is 2.53. The maximum atomic E-state index is 13.2. The van der Waals surface area contributed by atoms with Gasteiger partial charge in [0.05, 0.1) is 48.5 Å². The molecule has 2 heterocycles. The molecule has 0 atom stereocenters. The number of esters is 3. The van der Waals surface area contributed by atoms with Crippen molar-refractivity contribution in [2.24, 2.45) is 0 Å². The number of nitrogens with zero attached hydrogens (tertiary/aromatic N) is 4. The largest absolute Gasteiger partial charge is 0.456 e. The van der Waals surface area contributed by atoms with Gasteiger partial charge in [0.25, 0.3) is 22.7 Å². The van der Waals surface area contributed by atoms with Gasteiger partial charge in [-0.15, -0.1) is 0 Å². The number of carbonyl (C=O) groups excluding carboxylic acids is 3. The zero-order chi connectivity index (χ0) is 37.8. The Kier molecular flexibility index (Phi) is 7.79. The first-order valence-electron chi connectivity index (χ1n) is 14.9. The van der Waals surface area contributed by atoms with Gasteiger partial charge in [0.15, 0.2) is 5.60 Å². The molecule has 0 N–H and O–H groups in total. The predicted molar refractivity (Wildman–Crippen MR) is 174 cm³/mol. The van der Waals surface area contributed by atoms with E-state index < -0.39 is 77.1 Å². The molecular formula is C34H16N4O15. The molecule has 262 valence electrons. The van der Waals surface area contributed by atoms with Crippen molar-refractivity contribution < 1.29 is 53.0 Å². The van der Waals surface area contributed by atoms with E-state index in [1.807, 2.05) is 0 Å². The fraction of sp³-hybridized carbons (Fsp3) is 0.0294. The van der Waals surface area contributed by atoms with Crippen molar-refractivity contribution in [2.75, 3.05) is 0 Å². The van der Waals surface area contributed by atoms with E-state index >= 15 is 0 Å². The lowest BCUT2D eigenvalue weighted by atomic mass is 9.77. The minimum Gasteiger partial charge on any atom is -0.456 e. The molecule has 7 rings (SSSR count). The summed E-state index contributed by atoms with van der Waals surface area (Å²) in [6.07, 6.45) is 0. The van der Waals surface area contributed by atoms with Crippen molar-refractivity contribution in [1.82, 2.24) is 0 Å². The summed E-state index contributed by atoms with van der Waals surface area (Å²) in [5, 5.41) is 45.3. The Morgan fingerprint density at radius 2 is 0.962 bits per heavy atom. The number of nitro benzene ring substituents is 4. The SMILES string of the molecule is O=C(Oc1ccc2c(c1)Oc1cc(OC(=O)c3cc([N+](=O)[O-])cc([N+](=O)[O-])c3)ccc1C21OC(=O)c2ccccc21)c1cc([N+](=O)[O-])cc([N+](=O)[O-])c1. The van der Waals surface area contributed by atoms with Crippen molar-refractivity contribution in [2.45, 2.75) is 5.60 Å². The number of fused-ring (bicyclic) bond motifs is 6. The normalized spacial score (nSPS) is 13.0. The quantitative estimate of drug-likeness (QED) is 0.0734. The molecule has 0 unspecified atom stereocenters. The van der Waals surface area contributed by atoms with E-state index in [4.69, 9.17) is 18.9 Å². The lowest BCUT2D eigenvalue weighted by Crippen LogP contribution is -2.33. The molecule has 19 nitrogen and oxygen atoms in total.